The highest BCUT2D eigenvalue weighted by Crippen LogP contribution is 2.37. The lowest BCUT2D eigenvalue weighted by Crippen LogP contribution is -2.19. The summed E-state index contributed by atoms with van der Waals surface area (Å²) < 4.78 is 0. The quantitative estimate of drug-likeness (QED) is 0.492. The highest BCUT2D eigenvalue weighted by atomic mass is 14.3. The van der Waals surface area contributed by atoms with Gasteiger partial charge < -0.3 is 0 Å². The third-order valence-corrected chi connectivity index (χ3v) is 4.97. The molecule has 0 spiro atoms. The minimum atomic E-state index is 1.12. The van der Waals surface area contributed by atoms with Gasteiger partial charge in [0.25, 0.3) is 0 Å². The Hall–Kier alpha value is 0. The molecule has 2 fully saturated rings. The highest BCUT2D eigenvalue weighted by molar-refractivity contribution is 4.76. The van der Waals surface area contributed by atoms with Crippen molar-refractivity contribution < 1.29 is 0 Å². The zero-order valence-corrected chi connectivity index (χ0v) is 11.1. The summed E-state index contributed by atoms with van der Waals surface area (Å²) in [6.07, 6.45) is 21.4. The number of hydrogen-bond acceptors (Lipinski definition) is 0. The van der Waals surface area contributed by atoms with Crippen LogP contribution in [0.3, 0.4) is 0 Å². The second-order valence-electron chi connectivity index (χ2n) is 6.21. The van der Waals surface area contributed by atoms with Gasteiger partial charge in [-0.2, -0.15) is 0 Å². The zero-order valence-electron chi connectivity index (χ0n) is 11.1. The summed E-state index contributed by atoms with van der Waals surface area (Å²) >= 11 is 0. The van der Waals surface area contributed by atoms with Crippen molar-refractivity contribution in [3.05, 3.63) is 0 Å². The number of hydrogen-bond donors (Lipinski definition) is 0. The minimum absolute atomic E-state index is 1.12. The summed E-state index contributed by atoms with van der Waals surface area (Å²) in [5.41, 5.74) is 0. The van der Waals surface area contributed by atoms with Gasteiger partial charge in [0, 0.05) is 0 Å². The van der Waals surface area contributed by atoms with Gasteiger partial charge in [0.15, 0.2) is 0 Å². The van der Waals surface area contributed by atoms with Crippen LogP contribution in [0.4, 0.5) is 0 Å². The second-order valence-corrected chi connectivity index (χ2v) is 6.21. The molecule has 2 aliphatic carbocycles. The van der Waals surface area contributed by atoms with E-state index in [4.69, 9.17) is 0 Å². The molecule has 0 aromatic carbocycles. The second kappa shape index (κ2) is 7.35. The lowest BCUT2D eigenvalue weighted by atomic mass is 9.74. The average Bonchev–Trinajstić information content (AvgIpc) is 2.30. The molecule has 0 N–H and O–H groups in total. The van der Waals surface area contributed by atoms with Crippen molar-refractivity contribution in [1.82, 2.24) is 0 Å². The van der Waals surface area contributed by atoms with Gasteiger partial charge in [0.1, 0.15) is 0 Å². The van der Waals surface area contributed by atoms with Crippen LogP contribution in [0.2, 0.25) is 0 Å². The van der Waals surface area contributed by atoms with Gasteiger partial charge >= 0.3 is 0 Å². The fourth-order valence-corrected chi connectivity index (χ4v) is 3.92. The standard InChI is InChI=1S/C16H30/c1-2-4-6-8-12-16-14-10-9-13-15(16)11-7-5-3-1/h15-16H,1-14H2. The first kappa shape index (κ1) is 12.5. The maximum absolute atomic E-state index is 1.56. The van der Waals surface area contributed by atoms with Crippen LogP contribution in [-0.4, -0.2) is 0 Å². The van der Waals surface area contributed by atoms with Gasteiger partial charge in [-0.05, 0) is 11.8 Å². The third kappa shape index (κ3) is 4.11. The monoisotopic (exact) mass is 222 g/mol. The third-order valence-electron chi connectivity index (χ3n) is 4.97. The predicted molar refractivity (Wildman–Crippen MR) is 71.6 cm³/mol. The van der Waals surface area contributed by atoms with Gasteiger partial charge in [-0.1, -0.05) is 89.9 Å². The topological polar surface area (TPSA) is 0 Å². The molecule has 0 aliphatic heterocycles. The van der Waals surface area contributed by atoms with E-state index in [1.807, 2.05) is 0 Å². The molecule has 0 radical (unpaired) electrons. The molecule has 0 heterocycles. The summed E-state index contributed by atoms with van der Waals surface area (Å²) in [4.78, 5) is 0. The van der Waals surface area contributed by atoms with Crippen molar-refractivity contribution >= 4 is 0 Å². The Balaban J connectivity index is 1.79. The normalized spacial score (nSPS) is 34.5. The molecule has 0 heteroatoms. The maximum Gasteiger partial charge on any atom is -0.0386 e. The smallest absolute Gasteiger partial charge is 0.0386 e. The van der Waals surface area contributed by atoms with Crippen molar-refractivity contribution in [3.8, 4) is 0 Å². The van der Waals surface area contributed by atoms with E-state index < -0.39 is 0 Å². The Kier molecular flexibility index (Phi) is 5.72. The molecule has 2 aliphatic rings. The van der Waals surface area contributed by atoms with Crippen LogP contribution in [0, 0.1) is 11.8 Å². The molecule has 0 aromatic heterocycles. The molecule has 0 saturated heterocycles. The average molecular weight is 222 g/mol. The van der Waals surface area contributed by atoms with E-state index in [1.54, 1.807) is 25.7 Å². The minimum Gasteiger partial charge on any atom is -0.0533 e. The van der Waals surface area contributed by atoms with Gasteiger partial charge in [0.2, 0.25) is 0 Å². The zero-order chi connectivity index (χ0) is 11.1. The lowest BCUT2D eigenvalue weighted by Gasteiger charge is -2.32. The SMILES string of the molecule is C1CCCCCC2CCCCC2CCCC1. The largest absolute Gasteiger partial charge is 0.0533 e. The number of rotatable bonds is 0. The van der Waals surface area contributed by atoms with Crippen molar-refractivity contribution in [3.63, 3.8) is 0 Å². The van der Waals surface area contributed by atoms with Gasteiger partial charge in [0.05, 0.1) is 0 Å². The van der Waals surface area contributed by atoms with E-state index in [0.29, 0.717) is 0 Å². The first-order chi connectivity index (χ1) is 7.97. The van der Waals surface area contributed by atoms with Gasteiger partial charge in [-0.15, -0.1) is 0 Å². The Morgan fingerprint density at radius 1 is 0.312 bits per heavy atom. The van der Waals surface area contributed by atoms with E-state index in [1.165, 1.54) is 64.2 Å². The first-order valence-electron chi connectivity index (χ1n) is 7.97. The molecule has 94 valence electrons. The summed E-state index contributed by atoms with van der Waals surface area (Å²) in [6.45, 7) is 0. The molecule has 2 unspecified atom stereocenters. The number of fused-ring (bicyclic) bond motifs is 1. The van der Waals surface area contributed by atoms with Crippen LogP contribution in [0.1, 0.15) is 89.9 Å². The van der Waals surface area contributed by atoms with Gasteiger partial charge in [-0.3, -0.25) is 0 Å². The molecule has 0 amide bonds. The predicted octanol–water partition coefficient (Wildman–Crippen LogP) is 5.71. The van der Waals surface area contributed by atoms with Gasteiger partial charge in [-0.25, -0.2) is 0 Å². The fourth-order valence-electron chi connectivity index (χ4n) is 3.92. The highest BCUT2D eigenvalue weighted by Gasteiger charge is 2.24. The molecule has 2 rings (SSSR count). The van der Waals surface area contributed by atoms with Crippen molar-refractivity contribution in [2.24, 2.45) is 11.8 Å². The van der Waals surface area contributed by atoms with Crippen molar-refractivity contribution in [2.45, 2.75) is 89.9 Å². The summed E-state index contributed by atoms with van der Waals surface area (Å²) in [7, 11) is 0. The van der Waals surface area contributed by atoms with Crippen LogP contribution in [0.25, 0.3) is 0 Å². The lowest BCUT2D eigenvalue weighted by molar-refractivity contribution is 0.201. The summed E-state index contributed by atoms with van der Waals surface area (Å²) in [5.74, 6) is 2.24. The molecule has 0 nitrogen and oxygen atoms in total. The molecule has 2 saturated carbocycles. The maximum atomic E-state index is 1.56. The molecule has 0 aromatic rings. The van der Waals surface area contributed by atoms with E-state index >= 15 is 0 Å². The van der Waals surface area contributed by atoms with E-state index in [9.17, 15) is 0 Å². The van der Waals surface area contributed by atoms with E-state index in [-0.39, 0.29) is 0 Å². The molecule has 2 atom stereocenters. The van der Waals surface area contributed by atoms with E-state index in [0.717, 1.165) is 11.8 Å². The van der Waals surface area contributed by atoms with Crippen LogP contribution >= 0.6 is 0 Å². The Bertz CT molecular complexity index is 153. The molecular weight excluding hydrogens is 192 g/mol. The Morgan fingerprint density at radius 2 is 0.562 bits per heavy atom. The van der Waals surface area contributed by atoms with Crippen LogP contribution < -0.4 is 0 Å². The fraction of sp³-hybridized carbons (Fsp3) is 1.00. The summed E-state index contributed by atoms with van der Waals surface area (Å²) in [5, 5.41) is 0. The molecular formula is C16H30. The van der Waals surface area contributed by atoms with Crippen LogP contribution in [0.15, 0.2) is 0 Å². The van der Waals surface area contributed by atoms with Crippen LogP contribution in [0.5, 0.6) is 0 Å². The van der Waals surface area contributed by atoms with Crippen molar-refractivity contribution in [2.75, 3.05) is 0 Å². The molecule has 0 bridgehead atoms. The molecule has 16 heavy (non-hydrogen) atoms. The summed E-state index contributed by atoms with van der Waals surface area (Å²) in [6, 6.07) is 0. The van der Waals surface area contributed by atoms with Crippen molar-refractivity contribution in [1.29, 1.82) is 0 Å². The van der Waals surface area contributed by atoms with Crippen LogP contribution in [-0.2, 0) is 0 Å². The Morgan fingerprint density at radius 3 is 0.938 bits per heavy atom. The van der Waals surface area contributed by atoms with E-state index in [2.05, 4.69) is 0 Å². The first-order valence-corrected chi connectivity index (χ1v) is 7.97. The Labute approximate surface area is 102 Å².